The molecule has 3 heterocycles. The fraction of sp³-hybridized carbons (Fsp3) is 0.438. The summed E-state index contributed by atoms with van der Waals surface area (Å²) in [6.45, 7) is 4.32. The zero-order chi connectivity index (χ0) is 17.2. The van der Waals surface area contributed by atoms with E-state index in [2.05, 4.69) is 25.4 Å². The third kappa shape index (κ3) is 3.74. The molecule has 1 fully saturated rings. The molecule has 0 spiro atoms. The van der Waals surface area contributed by atoms with Crippen LogP contribution in [-0.2, 0) is 12.7 Å². The van der Waals surface area contributed by atoms with Gasteiger partial charge in [-0.15, -0.1) is 10.2 Å². The molecule has 0 amide bonds. The molecule has 8 heteroatoms. The quantitative estimate of drug-likeness (QED) is 0.926. The molecule has 1 N–H and O–H groups in total. The Kier molecular flexibility index (Phi) is 4.55. The van der Waals surface area contributed by atoms with E-state index in [1.807, 2.05) is 19.1 Å². The minimum atomic E-state index is -4.48. The Morgan fingerprint density at radius 1 is 1.08 bits per heavy atom. The van der Waals surface area contributed by atoms with Gasteiger partial charge in [0.2, 0.25) is 0 Å². The maximum absolute atomic E-state index is 12.5. The van der Waals surface area contributed by atoms with Crippen LogP contribution in [0, 0.1) is 6.92 Å². The van der Waals surface area contributed by atoms with E-state index in [4.69, 9.17) is 0 Å². The summed E-state index contributed by atoms with van der Waals surface area (Å²) in [6.07, 6.45) is -2.19. The number of alkyl halides is 3. The van der Waals surface area contributed by atoms with Crippen molar-refractivity contribution in [1.82, 2.24) is 15.2 Å². The molecule has 0 radical (unpaired) electrons. The average molecular weight is 337 g/mol. The summed E-state index contributed by atoms with van der Waals surface area (Å²) in [4.78, 5) is 6.85. The largest absolute Gasteiger partial charge is 0.435 e. The van der Waals surface area contributed by atoms with Gasteiger partial charge in [-0.2, -0.15) is 13.2 Å². The van der Waals surface area contributed by atoms with Crippen molar-refractivity contribution in [2.45, 2.75) is 32.5 Å². The second-order valence-corrected chi connectivity index (χ2v) is 5.78. The molecule has 0 aromatic carbocycles. The van der Waals surface area contributed by atoms with E-state index >= 15 is 0 Å². The first-order valence-electron chi connectivity index (χ1n) is 7.80. The van der Waals surface area contributed by atoms with E-state index in [1.54, 1.807) is 0 Å². The van der Waals surface area contributed by atoms with Crippen LogP contribution in [0.5, 0.6) is 0 Å². The van der Waals surface area contributed by atoms with E-state index in [9.17, 15) is 13.2 Å². The van der Waals surface area contributed by atoms with Gasteiger partial charge in [0, 0.05) is 30.9 Å². The number of hydrogen-bond donors (Lipinski definition) is 1. The summed E-state index contributed by atoms with van der Waals surface area (Å²) in [7, 11) is 0. The monoisotopic (exact) mass is 337 g/mol. The normalized spacial score (nSPS) is 14.9. The van der Waals surface area contributed by atoms with Crippen molar-refractivity contribution < 1.29 is 13.2 Å². The van der Waals surface area contributed by atoms with Crippen LogP contribution in [0.3, 0.4) is 0 Å². The van der Waals surface area contributed by atoms with Gasteiger partial charge < -0.3 is 10.2 Å². The first kappa shape index (κ1) is 16.5. The molecule has 3 rings (SSSR count). The Morgan fingerprint density at radius 2 is 1.83 bits per heavy atom. The maximum Gasteiger partial charge on any atom is 0.435 e. The van der Waals surface area contributed by atoms with Crippen molar-refractivity contribution in [3.05, 3.63) is 41.2 Å². The fourth-order valence-corrected chi connectivity index (χ4v) is 2.68. The molecule has 1 aliphatic heterocycles. The Bertz CT molecular complexity index is 694. The van der Waals surface area contributed by atoms with Gasteiger partial charge in [-0.3, -0.25) is 0 Å². The van der Waals surface area contributed by atoms with Crippen LogP contribution in [-0.4, -0.2) is 28.3 Å². The first-order chi connectivity index (χ1) is 11.4. The molecule has 1 saturated heterocycles. The van der Waals surface area contributed by atoms with E-state index in [-0.39, 0.29) is 0 Å². The third-order valence-corrected chi connectivity index (χ3v) is 3.92. The summed E-state index contributed by atoms with van der Waals surface area (Å²) in [6, 6.07) is 6.12. The minimum absolute atomic E-state index is 0.302. The predicted molar refractivity (Wildman–Crippen MR) is 84.8 cm³/mol. The summed E-state index contributed by atoms with van der Waals surface area (Å²) in [5.41, 5.74) is 0.932. The SMILES string of the molecule is Cc1ccc(CNc2ccc(C(F)(F)F)nn2)c(N2CCCC2)n1. The molecule has 24 heavy (non-hydrogen) atoms. The van der Waals surface area contributed by atoms with Crippen LogP contribution in [0.1, 0.15) is 29.8 Å². The lowest BCUT2D eigenvalue weighted by atomic mass is 10.2. The number of rotatable bonds is 4. The Labute approximate surface area is 137 Å². The van der Waals surface area contributed by atoms with Crippen LogP contribution in [0.25, 0.3) is 0 Å². The lowest BCUT2D eigenvalue weighted by Crippen LogP contribution is -2.22. The van der Waals surface area contributed by atoms with Crippen molar-refractivity contribution >= 4 is 11.6 Å². The number of hydrogen-bond acceptors (Lipinski definition) is 5. The topological polar surface area (TPSA) is 53.9 Å². The summed E-state index contributed by atoms with van der Waals surface area (Å²) in [5, 5.41) is 9.82. The molecule has 0 atom stereocenters. The maximum atomic E-state index is 12.5. The van der Waals surface area contributed by atoms with Crippen LogP contribution >= 0.6 is 0 Å². The van der Waals surface area contributed by atoms with Crippen LogP contribution in [0.15, 0.2) is 24.3 Å². The lowest BCUT2D eigenvalue weighted by molar-refractivity contribution is -0.141. The van der Waals surface area contributed by atoms with Gasteiger partial charge >= 0.3 is 6.18 Å². The van der Waals surface area contributed by atoms with E-state index in [0.29, 0.717) is 12.4 Å². The van der Waals surface area contributed by atoms with E-state index < -0.39 is 11.9 Å². The van der Waals surface area contributed by atoms with Gasteiger partial charge in [0.25, 0.3) is 0 Å². The van der Waals surface area contributed by atoms with Crippen molar-refractivity contribution in [2.75, 3.05) is 23.3 Å². The Balaban J connectivity index is 1.72. The van der Waals surface area contributed by atoms with Crippen LogP contribution in [0.2, 0.25) is 0 Å². The molecule has 2 aromatic heterocycles. The molecule has 0 bridgehead atoms. The molecule has 5 nitrogen and oxygen atoms in total. The van der Waals surface area contributed by atoms with Crippen LogP contribution in [0.4, 0.5) is 24.8 Å². The van der Waals surface area contributed by atoms with Gasteiger partial charge in [-0.1, -0.05) is 6.07 Å². The second-order valence-electron chi connectivity index (χ2n) is 5.78. The predicted octanol–water partition coefficient (Wildman–Crippen LogP) is 3.41. The van der Waals surface area contributed by atoms with Crippen molar-refractivity contribution in [1.29, 1.82) is 0 Å². The number of pyridine rings is 1. The minimum Gasteiger partial charge on any atom is -0.364 e. The average Bonchev–Trinajstić information content (AvgIpc) is 3.07. The van der Waals surface area contributed by atoms with Gasteiger partial charge in [0.15, 0.2) is 5.69 Å². The summed E-state index contributed by atoms with van der Waals surface area (Å²) in [5.74, 6) is 1.23. The van der Waals surface area contributed by atoms with Crippen molar-refractivity contribution in [3.8, 4) is 0 Å². The Hall–Kier alpha value is -2.38. The highest BCUT2D eigenvalue weighted by molar-refractivity contribution is 5.50. The number of aromatic nitrogens is 3. The second kappa shape index (κ2) is 6.62. The van der Waals surface area contributed by atoms with Crippen LogP contribution < -0.4 is 10.2 Å². The van der Waals surface area contributed by atoms with E-state index in [0.717, 1.165) is 49.1 Å². The molecule has 128 valence electrons. The Morgan fingerprint density at radius 3 is 2.46 bits per heavy atom. The smallest absolute Gasteiger partial charge is 0.364 e. The summed E-state index contributed by atoms with van der Waals surface area (Å²) >= 11 is 0. The van der Waals surface area contributed by atoms with E-state index in [1.165, 1.54) is 6.07 Å². The van der Waals surface area contributed by atoms with Crippen molar-refractivity contribution in [2.24, 2.45) is 0 Å². The summed E-state index contributed by atoms with van der Waals surface area (Å²) < 4.78 is 37.5. The third-order valence-electron chi connectivity index (χ3n) is 3.92. The standard InChI is InChI=1S/C16H18F3N5/c1-11-4-5-12(15(21-11)24-8-2-3-9-24)10-20-14-7-6-13(22-23-14)16(17,18)19/h4-7H,2-3,8-10H2,1H3,(H,20,23). The highest BCUT2D eigenvalue weighted by Gasteiger charge is 2.32. The molecule has 0 aliphatic carbocycles. The zero-order valence-corrected chi connectivity index (χ0v) is 13.3. The van der Waals surface area contributed by atoms with Crippen molar-refractivity contribution in [3.63, 3.8) is 0 Å². The number of halogens is 3. The molecular formula is C16H18F3N5. The van der Waals surface area contributed by atoms with Gasteiger partial charge in [0.1, 0.15) is 11.6 Å². The number of nitrogens with zero attached hydrogens (tertiary/aromatic N) is 4. The van der Waals surface area contributed by atoms with Gasteiger partial charge in [0.05, 0.1) is 0 Å². The molecular weight excluding hydrogens is 319 g/mol. The zero-order valence-electron chi connectivity index (χ0n) is 13.3. The number of nitrogens with one attached hydrogen (secondary N) is 1. The molecule has 1 aliphatic rings. The first-order valence-corrected chi connectivity index (χ1v) is 7.80. The van der Waals surface area contributed by atoms with Gasteiger partial charge in [-0.25, -0.2) is 4.98 Å². The highest BCUT2D eigenvalue weighted by Crippen LogP contribution is 2.27. The highest BCUT2D eigenvalue weighted by atomic mass is 19.4. The van der Waals surface area contributed by atoms with Gasteiger partial charge in [-0.05, 0) is 38.0 Å². The fourth-order valence-electron chi connectivity index (χ4n) is 2.68. The number of aryl methyl sites for hydroxylation is 1. The molecule has 2 aromatic rings. The molecule has 0 saturated carbocycles. The molecule has 0 unspecified atom stereocenters. The lowest BCUT2D eigenvalue weighted by Gasteiger charge is -2.21. The number of anilines is 2.